The third-order valence-electron chi connectivity index (χ3n) is 5.59. The number of hydrogen-bond acceptors (Lipinski definition) is 7. The van der Waals surface area contributed by atoms with Crippen LogP contribution in [0.5, 0.6) is 0 Å². The first-order chi connectivity index (χ1) is 17.5. The van der Waals surface area contributed by atoms with E-state index in [-0.39, 0.29) is 11.5 Å². The Morgan fingerprint density at radius 3 is 2.03 bits per heavy atom. The molecule has 1 saturated heterocycles. The second-order valence-electron chi connectivity index (χ2n) is 9.67. The van der Waals surface area contributed by atoms with Crippen LogP contribution in [0.1, 0.15) is 44.9 Å². The van der Waals surface area contributed by atoms with Gasteiger partial charge in [0.1, 0.15) is 22.4 Å². The Morgan fingerprint density at radius 2 is 1.51 bits per heavy atom. The normalized spacial score (nSPS) is 20.8. The maximum Gasteiger partial charge on any atom is 0.408 e. The van der Waals surface area contributed by atoms with E-state index in [1.165, 1.54) is 29.8 Å². The number of carbonyl (C=O) groups excluding carboxylic acids is 4. The number of β-lactam (4-membered cyclic amide) rings is 1. The predicted octanol–water partition coefficient (Wildman–Crippen LogP) is 3.47. The molecule has 0 saturated carbocycles. The maximum absolute atomic E-state index is 13.5. The van der Waals surface area contributed by atoms with Gasteiger partial charge in [-0.15, -0.1) is 11.8 Å². The molecule has 2 aliphatic heterocycles. The molecule has 2 unspecified atom stereocenters. The third kappa shape index (κ3) is 6.14. The van der Waals surface area contributed by atoms with Gasteiger partial charge in [0.2, 0.25) is 5.91 Å². The number of benzene rings is 2. The molecule has 37 heavy (non-hydrogen) atoms. The summed E-state index contributed by atoms with van der Waals surface area (Å²) in [6.07, 6.45) is -0.0117. The molecule has 3 atom stereocenters. The van der Waals surface area contributed by atoms with Crippen LogP contribution in [0.3, 0.4) is 0 Å². The smallest absolute Gasteiger partial charge is 0.408 e. The third-order valence-corrected chi connectivity index (χ3v) is 7.01. The number of thioether (sulfide) groups is 1. The molecule has 4 rings (SSSR count). The highest BCUT2D eigenvalue weighted by molar-refractivity contribution is 8.00. The van der Waals surface area contributed by atoms with Gasteiger partial charge in [-0.05, 0) is 31.9 Å². The van der Waals surface area contributed by atoms with Crippen LogP contribution in [0.15, 0.2) is 72.4 Å². The van der Waals surface area contributed by atoms with Gasteiger partial charge in [0.15, 0.2) is 6.10 Å². The lowest BCUT2D eigenvalue weighted by Gasteiger charge is -2.48. The van der Waals surface area contributed by atoms with Crippen LogP contribution >= 0.6 is 11.8 Å². The van der Waals surface area contributed by atoms with Crippen molar-refractivity contribution in [1.82, 2.24) is 15.5 Å². The fraction of sp³-hybridized carbons (Fsp3) is 0.333. The SMILES string of the molecule is CC(=O)NC1S[C@@H]2C(NC(=O)OC(C)(C)C)C(=O)N2C=C1C(=O)OC(c1ccccc1)c1ccccc1. The van der Waals surface area contributed by atoms with Crippen molar-refractivity contribution in [2.45, 2.75) is 56.2 Å². The molecule has 0 aliphatic carbocycles. The van der Waals surface area contributed by atoms with Gasteiger partial charge in [0, 0.05) is 13.1 Å². The molecule has 2 aromatic rings. The lowest BCUT2D eigenvalue weighted by atomic mass is 10.0. The summed E-state index contributed by atoms with van der Waals surface area (Å²) in [5.41, 5.74) is 0.959. The summed E-state index contributed by atoms with van der Waals surface area (Å²) >= 11 is 1.17. The van der Waals surface area contributed by atoms with Crippen molar-refractivity contribution in [3.63, 3.8) is 0 Å². The lowest BCUT2D eigenvalue weighted by Crippen LogP contribution is -2.70. The van der Waals surface area contributed by atoms with Crippen molar-refractivity contribution >= 4 is 35.6 Å². The number of amides is 3. The summed E-state index contributed by atoms with van der Waals surface area (Å²) in [6, 6.07) is 17.8. The van der Waals surface area contributed by atoms with Crippen LogP contribution < -0.4 is 10.6 Å². The van der Waals surface area contributed by atoms with E-state index in [9.17, 15) is 19.2 Å². The van der Waals surface area contributed by atoms with Crippen LogP contribution in [0, 0.1) is 0 Å². The van der Waals surface area contributed by atoms with Gasteiger partial charge in [-0.2, -0.15) is 0 Å². The molecule has 3 amide bonds. The second kappa shape index (κ2) is 10.7. The fourth-order valence-corrected chi connectivity index (χ4v) is 5.43. The molecular weight excluding hydrogens is 494 g/mol. The van der Waals surface area contributed by atoms with E-state index >= 15 is 0 Å². The van der Waals surface area contributed by atoms with Crippen molar-refractivity contribution < 1.29 is 28.7 Å². The zero-order chi connectivity index (χ0) is 26.7. The number of fused-ring (bicyclic) bond motifs is 1. The molecule has 0 bridgehead atoms. The number of nitrogens with zero attached hydrogens (tertiary/aromatic N) is 1. The first-order valence-corrected chi connectivity index (χ1v) is 12.7. The number of rotatable bonds is 6. The Kier molecular flexibility index (Phi) is 7.58. The number of nitrogens with one attached hydrogen (secondary N) is 2. The summed E-state index contributed by atoms with van der Waals surface area (Å²) < 4.78 is 11.2. The van der Waals surface area contributed by atoms with E-state index in [4.69, 9.17) is 9.47 Å². The molecule has 0 spiro atoms. The zero-order valence-electron chi connectivity index (χ0n) is 21.0. The average molecular weight is 524 g/mol. The Labute approximate surface area is 219 Å². The molecule has 2 aliphatic rings. The molecule has 2 heterocycles. The minimum atomic E-state index is -0.855. The summed E-state index contributed by atoms with van der Waals surface area (Å²) in [5, 5.41) is 4.03. The number of esters is 1. The molecule has 0 aromatic heterocycles. The van der Waals surface area contributed by atoms with Crippen LogP contribution in [0.2, 0.25) is 0 Å². The molecule has 0 radical (unpaired) electrons. The second-order valence-corrected chi connectivity index (χ2v) is 10.9. The predicted molar refractivity (Wildman–Crippen MR) is 138 cm³/mol. The van der Waals surface area contributed by atoms with Crippen molar-refractivity contribution in [3.8, 4) is 0 Å². The van der Waals surface area contributed by atoms with Crippen LogP contribution in [-0.2, 0) is 23.9 Å². The van der Waals surface area contributed by atoms with E-state index in [1.54, 1.807) is 20.8 Å². The van der Waals surface area contributed by atoms with Crippen molar-refractivity contribution in [3.05, 3.63) is 83.6 Å². The molecule has 10 heteroatoms. The fourth-order valence-electron chi connectivity index (χ4n) is 3.98. The minimum absolute atomic E-state index is 0.123. The maximum atomic E-state index is 13.5. The van der Waals surface area contributed by atoms with Gasteiger partial charge >= 0.3 is 12.1 Å². The Hall–Kier alpha value is -3.79. The van der Waals surface area contributed by atoms with Gasteiger partial charge < -0.3 is 25.0 Å². The molecule has 2 N–H and O–H groups in total. The van der Waals surface area contributed by atoms with E-state index in [0.29, 0.717) is 0 Å². The Bertz CT molecular complexity index is 1170. The number of hydrogen-bond donors (Lipinski definition) is 2. The quantitative estimate of drug-likeness (QED) is 0.440. The van der Waals surface area contributed by atoms with Crippen LogP contribution in [0.25, 0.3) is 0 Å². The highest BCUT2D eigenvalue weighted by atomic mass is 32.2. The molecular formula is C27H29N3O6S. The van der Waals surface area contributed by atoms with Crippen LogP contribution in [0.4, 0.5) is 4.79 Å². The number of carbonyl (C=O) groups is 4. The van der Waals surface area contributed by atoms with Crippen molar-refractivity contribution in [1.29, 1.82) is 0 Å². The first kappa shape index (κ1) is 26.3. The average Bonchev–Trinajstić information content (AvgIpc) is 2.85. The molecule has 9 nitrogen and oxygen atoms in total. The standard InChI is InChI=1S/C27H29N3O6S/c1-16(31)28-22-19(15-30-23(32)20(24(30)37-22)29-26(34)36-27(2,3)4)25(33)35-21(17-11-7-5-8-12-17)18-13-9-6-10-14-18/h5-15,20-22,24H,1-4H3,(H,28,31)(H,29,34)/t20?,22?,24-/m1/s1. The van der Waals surface area contributed by atoms with Crippen LogP contribution in [-0.4, -0.2) is 51.2 Å². The van der Waals surface area contributed by atoms with Gasteiger partial charge in [0.25, 0.3) is 5.91 Å². The van der Waals surface area contributed by atoms with Gasteiger partial charge in [-0.25, -0.2) is 9.59 Å². The number of alkyl carbamates (subject to hydrolysis) is 1. The summed E-state index contributed by atoms with van der Waals surface area (Å²) in [4.78, 5) is 51.8. The minimum Gasteiger partial charge on any atom is -0.449 e. The zero-order valence-corrected chi connectivity index (χ0v) is 21.8. The summed E-state index contributed by atoms with van der Waals surface area (Å²) in [5.74, 6) is -1.41. The van der Waals surface area contributed by atoms with E-state index in [0.717, 1.165) is 11.1 Å². The largest absolute Gasteiger partial charge is 0.449 e. The van der Waals surface area contributed by atoms with Gasteiger partial charge in [0.05, 0.1) is 5.57 Å². The van der Waals surface area contributed by atoms with Gasteiger partial charge in [-0.3, -0.25) is 9.59 Å². The molecule has 194 valence electrons. The van der Waals surface area contributed by atoms with E-state index in [1.807, 2.05) is 60.7 Å². The van der Waals surface area contributed by atoms with Crippen molar-refractivity contribution in [2.75, 3.05) is 0 Å². The Morgan fingerprint density at radius 1 is 0.946 bits per heavy atom. The summed E-state index contributed by atoms with van der Waals surface area (Å²) in [6.45, 7) is 6.52. The van der Waals surface area contributed by atoms with E-state index < -0.39 is 46.5 Å². The highest BCUT2D eigenvalue weighted by Crippen LogP contribution is 2.41. The molecule has 1 fully saturated rings. The van der Waals surface area contributed by atoms with Gasteiger partial charge in [-0.1, -0.05) is 60.7 Å². The first-order valence-electron chi connectivity index (χ1n) is 11.8. The van der Waals surface area contributed by atoms with Crippen molar-refractivity contribution in [2.24, 2.45) is 0 Å². The molecule has 2 aromatic carbocycles. The monoisotopic (exact) mass is 523 g/mol. The van der Waals surface area contributed by atoms with E-state index in [2.05, 4.69) is 10.6 Å². The topological polar surface area (TPSA) is 114 Å². The number of ether oxygens (including phenoxy) is 2. The lowest BCUT2D eigenvalue weighted by molar-refractivity contribution is -0.144. The Balaban J connectivity index is 1.57. The summed E-state index contributed by atoms with van der Waals surface area (Å²) in [7, 11) is 0. The highest BCUT2D eigenvalue weighted by Gasteiger charge is 2.53.